The van der Waals surface area contributed by atoms with Gasteiger partial charge < -0.3 is 0 Å². The molecule has 0 aliphatic heterocycles. The highest BCUT2D eigenvalue weighted by Gasteiger charge is 2.14. The molecule has 2 aromatic rings. The Morgan fingerprint density at radius 3 is 2.17 bits per heavy atom. The molecular weight excluding hydrogens is 320 g/mol. The Hall–Kier alpha value is -1.33. The Labute approximate surface area is 117 Å². The van der Waals surface area contributed by atoms with Crippen LogP contribution in [0.5, 0.6) is 0 Å². The highest BCUT2D eigenvalue weighted by molar-refractivity contribution is 9.10. The van der Waals surface area contributed by atoms with Gasteiger partial charge in [-0.3, -0.25) is 13.9 Å². The number of nitrogens with zero attached hydrogens (tertiary/aromatic N) is 2. The normalized spacial score (nSPS) is 10.7. The van der Waals surface area contributed by atoms with Crippen molar-refractivity contribution in [3.05, 3.63) is 54.6 Å². The van der Waals surface area contributed by atoms with Crippen molar-refractivity contribution in [2.45, 2.75) is 0 Å². The highest BCUT2D eigenvalue weighted by Crippen LogP contribution is 2.25. The minimum absolute atomic E-state index is 0.356. The number of halogens is 2. The molecule has 0 saturated carbocycles. The molecule has 6 heteroatoms. The van der Waals surface area contributed by atoms with Gasteiger partial charge in [-0.25, -0.2) is 4.79 Å². The van der Waals surface area contributed by atoms with Gasteiger partial charge in [-0.15, -0.1) is 0 Å². The third-order valence-corrected chi connectivity index (χ3v) is 3.69. The summed E-state index contributed by atoms with van der Waals surface area (Å²) in [6.07, 6.45) is 0. The van der Waals surface area contributed by atoms with Gasteiger partial charge >= 0.3 is 5.69 Å². The topological polar surface area (TPSA) is 44.0 Å². The fraction of sp³-hybridized carbons (Fsp3) is 0.167. The van der Waals surface area contributed by atoms with Crippen LogP contribution in [-0.2, 0) is 14.1 Å². The van der Waals surface area contributed by atoms with Crippen molar-refractivity contribution in [3.63, 3.8) is 0 Å². The molecule has 0 spiro atoms. The lowest BCUT2D eigenvalue weighted by Gasteiger charge is -2.12. The van der Waals surface area contributed by atoms with E-state index in [-0.39, 0.29) is 11.2 Å². The predicted octanol–water partition coefficient (Wildman–Crippen LogP) is 2.17. The number of hydrogen-bond acceptors (Lipinski definition) is 2. The molecule has 18 heavy (non-hydrogen) atoms. The Morgan fingerprint density at radius 2 is 1.61 bits per heavy atom. The summed E-state index contributed by atoms with van der Waals surface area (Å²) in [6, 6.07) is 6.96. The van der Waals surface area contributed by atoms with Gasteiger partial charge in [0.05, 0.1) is 5.69 Å². The van der Waals surface area contributed by atoms with Crippen LogP contribution in [0.25, 0.3) is 11.3 Å². The zero-order valence-corrected chi connectivity index (χ0v) is 12.1. The van der Waals surface area contributed by atoms with Gasteiger partial charge in [-0.05, 0) is 33.6 Å². The van der Waals surface area contributed by atoms with Gasteiger partial charge in [0, 0.05) is 19.1 Å². The van der Waals surface area contributed by atoms with Crippen molar-refractivity contribution in [1.82, 2.24) is 9.13 Å². The van der Waals surface area contributed by atoms with E-state index < -0.39 is 0 Å². The van der Waals surface area contributed by atoms with Crippen molar-refractivity contribution in [2.75, 3.05) is 0 Å². The van der Waals surface area contributed by atoms with E-state index >= 15 is 0 Å². The standard InChI is InChI=1S/C12H10BrClN2O2/c1-15-10(7-3-5-8(14)6-4-7)9(13)11(17)16(2)12(15)18/h3-6H,1-2H3. The van der Waals surface area contributed by atoms with Crippen LogP contribution in [0.4, 0.5) is 0 Å². The lowest BCUT2D eigenvalue weighted by molar-refractivity contribution is 0.686. The molecule has 0 aliphatic rings. The van der Waals surface area contributed by atoms with E-state index in [1.807, 2.05) is 0 Å². The zero-order valence-electron chi connectivity index (χ0n) is 9.78. The van der Waals surface area contributed by atoms with Crippen molar-refractivity contribution in [3.8, 4) is 11.3 Å². The smallest absolute Gasteiger partial charge is 0.295 e. The number of benzene rings is 1. The average molecular weight is 330 g/mol. The molecule has 0 radical (unpaired) electrons. The predicted molar refractivity (Wildman–Crippen MR) is 75.1 cm³/mol. The monoisotopic (exact) mass is 328 g/mol. The van der Waals surface area contributed by atoms with E-state index in [2.05, 4.69) is 15.9 Å². The van der Waals surface area contributed by atoms with Crippen molar-refractivity contribution in [2.24, 2.45) is 14.1 Å². The summed E-state index contributed by atoms with van der Waals surface area (Å²) in [5.74, 6) is 0. The van der Waals surface area contributed by atoms with Gasteiger partial charge in [0.2, 0.25) is 0 Å². The van der Waals surface area contributed by atoms with E-state index in [0.717, 1.165) is 10.1 Å². The zero-order chi connectivity index (χ0) is 13.4. The van der Waals surface area contributed by atoms with Crippen LogP contribution < -0.4 is 11.2 Å². The Kier molecular flexibility index (Phi) is 3.45. The molecule has 94 valence electrons. The van der Waals surface area contributed by atoms with Crippen LogP contribution in [-0.4, -0.2) is 9.13 Å². The lowest BCUT2D eigenvalue weighted by Crippen LogP contribution is -2.38. The maximum Gasteiger partial charge on any atom is 0.330 e. The summed E-state index contributed by atoms with van der Waals surface area (Å²) in [5.41, 5.74) is 0.569. The van der Waals surface area contributed by atoms with Crippen LogP contribution in [0.15, 0.2) is 38.3 Å². The largest absolute Gasteiger partial charge is 0.330 e. The molecule has 4 nitrogen and oxygen atoms in total. The fourth-order valence-corrected chi connectivity index (χ4v) is 2.62. The summed E-state index contributed by atoms with van der Waals surface area (Å²) in [7, 11) is 3.07. The lowest BCUT2D eigenvalue weighted by atomic mass is 10.1. The van der Waals surface area contributed by atoms with Crippen LogP contribution in [0.3, 0.4) is 0 Å². The van der Waals surface area contributed by atoms with E-state index in [0.29, 0.717) is 15.2 Å². The molecule has 0 saturated heterocycles. The van der Waals surface area contributed by atoms with Gasteiger partial charge in [-0.1, -0.05) is 23.7 Å². The van der Waals surface area contributed by atoms with Crippen molar-refractivity contribution >= 4 is 27.5 Å². The number of hydrogen-bond donors (Lipinski definition) is 0. The summed E-state index contributed by atoms with van der Waals surface area (Å²) < 4.78 is 2.84. The van der Waals surface area contributed by atoms with Crippen LogP contribution in [0, 0.1) is 0 Å². The molecule has 0 fully saturated rings. The maximum atomic E-state index is 11.9. The SMILES string of the molecule is Cn1c(-c2ccc(Cl)cc2)c(Br)c(=O)n(C)c1=O. The molecule has 0 amide bonds. The molecule has 0 aliphatic carbocycles. The maximum absolute atomic E-state index is 11.9. The molecule has 1 aromatic heterocycles. The van der Waals surface area contributed by atoms with Gasteiger partial charge in [0.1, 0.15) is 4.47 Å². The second-order valence-electron chi connectivity index (χ2n) is 3.88. The quantitative estimate of drug-likeness (QED) is 0.805. The minimum Gasteiger partial charge on any atom is -0.295 e. The average Bonchev–Trinajstić information content (AvgIpc) is 2.36. The van der Waals surface area contributed by atoms with E-state index in [9.17, 15) is 9.59 Å². The molecule has 0 unspecified atom stereocenters. The first-order valence-electron chi connectivity index (χ1n) is 5.15. The Bertz CT molecular complexity index is 679. The molecule has 0 N–H and O–H groups in total. The Balaban J connectivity index is 2.84. The molecule has 1 aromatic carbocycles. The molecular formula is C12H10BrClN2O2. The minimum atomic E-state index is -0.367. The van der Waals surface area contributed by atoms with Crippen LogP contribution in [0.2, 0.25) is 5.02 Å². The Morgan fingerprint density at radius 1 is 1.06 bits per heavy atom. The van der Waals surface area contributed by atoms with Crippen molar-refractivity contribution < 1.29 is 0 Å². The van der Waals surface area contributed by atoms with Gasteiger partial charge in [-0.2, -0.15) is 0 Å². The number of aromatic nitrogens is 2. The highest BCUT2D eigenvalue weighted by atomic mass is 79.9. The van der Waals surface area contributed by atoms with E-state index in [4.69, 9.17) is 11.6 Å². The second kappa shape index (κ2) is 4.74. The number of rotatable bonds is 1. The fourth-order valence-electron chi connectivity index (χ4n) is 1.73. The summed E-state index contributed by atoms with van der Waals surface area (Å²) >= 11 is 9.07. The first-order chi connectivity index (χ1) is 8.43. The van der Waals surface area contributed by atoms with Gasteiger partial charge in [0.15, 0.2) is 0 Å². The first-order valence-corrected chi connectivity index (χ1v) is 6.32. The molecule has 2 rings (SSSR count). The molecule has 1 heterocycles. The van der Waals surface area contributed by atoms with Crippen LogP contribution in [0.1, 0.15) is 0 Å². The third kappa shape index (κ3) is 2.04. The van der Waals surface area contributed by atoms with Crippen molar-refractivity contribution in [1.29, 1.82) is 0 Å². The van der Waals surface area contributed by atoms with Crippen LogP contribution >= 0.6 is 27.5 Å². The van der Waals surface area contributed by atoms with E-state index in [1.165, 1.54) is 11.6 Å². The third-order valence-electron chi connectivity index (χ3n) is 2.73. The summed E-state index contributed by atoms with van der Waals surface area (Å²) in [4.78, 5) is 23.8. The first kappa shape index (κ1) is 13.1. The summed E-state index contributed by atoms with van der Waals surface area (Å²) in [6.45, 7) is 0. The van der Waals surface area contributed by atoms with E-state index in [1.54, 1.807) is 31.3 Å². The molecule has 0 bridgehead atoms. The summed E-state index contributed by atoms with van der Waals surface area (Å²) in [5, 5.41) is 0.601. The second-order valence-corrected chi connectivity index (χ2v) is 5.10. The van der Waals surface area contributed by atoms with Gasteiger partial charge in [0.25, 0.3) is 5.56 Å². The molecule has 0 atom stereocenters.